The number of hydrazone groups is 1. The highest BCUT2D eigenvalue weighted by Gasteiger charge is 2.20. The molecule has 0 spiro atoms. The van der Waals surface area contributed by atoms with E-state index in [1.54, 1.807) is 10.6 Å². The Morgan fingerprint density at radius 1 is 0.944 bits per heavy atom. The van der Waals surface area contributed by atoms with Crippen molar-refractivity contribution in [2.24, 2.45) is 5.10 Å². The Morgan fingerprint density at radius 3 is 2.33 bits per heavy atom. The number of aromatic hydroxyl groups is 2. The van der Waals surface area contributed by atoms with Gasteiger partial charge < -0.3 is 10.2 Å². The molecule has 1 heterocycles. The van der Waals surface area contributed by atoms with Crippen molar-refractivity contribution in [3.63, 3.8) is 0 Å². The predicted octanol–water partition coefficient (Wildman–Crippen LogP) is 6.67. The van der Waals surface area contributed by atoms with Crippen LogP contribution in [0.5, 0.6) is 11.6 Å². The van der Waals surface area contributed by atoms with Crippen molar-refractivity contribution in [2.45, 2.75) is 53.4 Å². The Balaban J connectivity index is 1.70. The fourth-order valence-electron chi connectivity index (χ4n) is 4.35. The van der Waals surface area contributed by atoms with Gasteiger partial charge in [-0.1, -0.05) is 58.0 Å². The van der Waals surface area contributed by atoms with Gasteiger partial charge in [0.15, 0.2) is 0 Å². The highest BCUT2D eigenvalue weighted by atomic mass is 16.3. The first-order chi connectivity index (χ1) is 17.1. The molecule has 36 heavy (non-hydrogen) atoms. The van der Waals surface area contributed by atoms with Crippen LogP contribution < -0.4 is 5.43 Å². The number of hydrogen-bond donors (Lipinski definition) is 3. The van der Waals surface area contributed by atoms with Crippen LogP contribution in [0.4, 0.5) is 0 Å². The minimum Gasteiger partial charge on any atom is -0.507 e. The van der Waals surface area contributed by atoms with Crippen molar-refractivity contribution in [3.8, 4) is 17.3 Å². The molecule has 0 aliphatic rings. The minimum atomic E-state index is -0.509. The number of para-hydroxylation sites is 1. The van der Waals surface area contributed by atoms with Gasteiger partial charge in [-0.2, -0.15) is 5.10 Å². The van der Waals surface area contributed by atoms with E-state index in [0.29, 0.717) is 5.56 Å². The number of aryl methyl sites for hydroxylation is 2. The number of fused-ring (bicyclic) bond motifs is 1. The van der Waals surface area contributed by atoms with Crippen LogP contribution in [0.15, 0.2) is 59.7 Å². The van der Waals surface area contributed by atoms with E-state index in [1.165, 1.54) is 11.8 Å². The largest absolute Gasteiger partial charge is 0.507 e. The van der Waals surface area contributed by atoms with Gasteiger partial charge in [-0.25, -0.2) is 5.43 Å². The van der Waals surface area contributed by atoms with Gasteiger partial charge in [-0.15, -0.1) is 0 Å². The van der Waals surface area contributed by atoms with E-state index in [9.17, 15) is 15.0 Å². The van der Waals surface area contributed by atoms with Gasteiger partial charge in [-0.3, -0.25) is 9.36 Å². The zero-order valence-electron chi connectivity index (χ0n) is 21.6. The lowest BCUT2D eigenvalue weighted by atomic mass is 9.92. The molecular weight excluding hydrogens is 450 g/mol. The van der Waals surface area contributed by atoms with Gasteiger partial charge in [0.1, 0.15) is 5.75 Å². The normalized spacial score (nSPS) is 11.8. The minimum absolute atomic E-state index is 0.0312. The molecular formula is C30H33N3O3. The average Bonchev–Trinajstić information content (AvgIpc) is 3.11. The first kappa shape index (κ1) is 25.0. The van der Waals surface area contributed by atoms with Crippen LogP contribution in [0.1, 0.15) is 77.7 Å². The monoisotopic (exact) mass is 483 g/mol. The number of phenolic OH excluding ortho intramolecular Hbond substituents is 1. The molecule has 1 aromatic heterocycles. The van der Waals surface area contributed by atoms with Gasteiger partial charge in [0.25, 0.3) is 5.91 Å². The zero-order valence-corrected chi connectivity index (χ0v) is 21.6. The average molecular weight is 484 g/mol. The second-order valence-electron chi connectivity index (χ2n) is 9.87. The molecule has 3 N–H and O–H groups in total. The quantitative estimate of drug-likeness (QED) is 0.211. The molecule has 0 radical (unpaired) electrons. The summed E-state index contributed by atoms with van der Waals surface area (Å²) >= 11 is 0. The molecule has 0 unspecified atom stereocenters. The standard InChI is InChI=1S/C30H33N3O3/c1-17(2)21-14-24(18(3)4)28(34)25(15-21)29(35)32-31-16-26-23-9-7-8-10-27(23)33(30(26)36)22-12-11-19(5)20(6)13-22/h7-18,34,36H,1-6H3,(H,32,35). The first-order valence-corrected chi connectivity index (χ1v) is 12.2. The molecule has 186 valence electrons. The number of amides is 1. The number of aromatic nitrogens is 1. The number of carbonyl (C=O) groups excluding carboxylic acids is 1. The zero-order chi connectivity index (χ0) is 26.1. The fraction of sp³-hybridized carbons (Fsp3) is 0.267. The third kappa shape index (κ3) is 4.59. The smallest absolute Gasteiger partial charge is 0.275 e. The van der Waals surface area contributed by atoms with Crippen molar-refractivity contribution in [3.05, 3.63) is 88.0 Å². The van der Waals surface area contributed by atoms with Crippen molar-refractivity contribution in [1.29, 1.82) is 0 Å². The lowest BCUT2D eigenvalue weighted by Crippen LogP contribution is -2.19. The highest BCUT2D eigenvalue weighted by Crippen LogP contribution is 2.35. The molecule has 0 saturated heterocycles. The fourth-order valence-corrected chi connectivity index (χ4v) is 4.35. The maximum atomic E-state index is 13.0. The molecule has 0 fully saturated rings. The summed E-state index contributed by atoms with van der Waals surface area (Å²) in [5.74, 6) is -0.245. The molecule has 0 aliphatic heterocycles. The Labute approximate surface area is 211 Å². The van der Waals surface area contributed by atoms with Crippen molar-refractivity contribution >= 4 is 23.0 Å². The topological polar surface area (TPSA) is 86.9 Å². The van der Waals surface area contributed by atoms with Crippen molar-refractivity contribution in [2.75, 3.05) is 0 Å². The molecule has 1 amide bonds. The Bertz CT molecular complexity index is 1480. The van der Waals surface area contributed by atoms with E-state index in [0.717, 1.165) is 33.3 Å². The van der Waals surface area contributed by atoms with Crippen LogP contribution >= 0.6 is 0 Å². The van der Waals surface area contributed by atoms with Crippen LogP contribution in [-0.4, -0.2) is 26.9 Å². The van der Waals surface area contributed by atoms with Crippen LogP contribution in [0, 0.1) is 13.8 Å². The Hall–Kier alpha value is -4.06. The van der Waals surface area contributed by atoms with E-state index < -0.39 is 5.91 Å². The van der Waals surface area contributed by atoms with Gasteiger partial charge >= 0.3 is 0 Å². The number of carbonyl (C=O) groups is 1. The lowest BCUT2D eigenvalue weighted by molar-refractivity contribution is 0.0952. The van der Waals surface area contributed by atoms with E-state index >= 15 is 0 Å². The van der Waals surface area contributed by atoms with Gasteiger partial charge in [0.05, 0.1) is 22.9 Å². The SMILES string of the molecule is Cc1ccc(-n2c(O)c(C=NNC(=O)c3cc(C(C)C)cc(C(C)C)c3O)c3ccccc32)cc1C. The third-order valence-electron chi connectivity index (χ3n) is 6.69. The molecule has 6 nitrogen and oxygen atoms in total. The number of phenols is 1. The molecule has 3 aromatic carbocycles. The maximum Gasteiger partial charge on any atom is 0.275 e. The summed E-state index contributed by atoms with van der Waals surface area (Å²) in [6, 6.07) is 17.3. The second-order valence-corrected chi connectivity index (χ2v) is 9.87. The highest BCUT2D eigenvalue weighted by molar-refractivity contribution is 6.04. The first-order valence-electron chi connectivity index (χ1n) is 12.2. The van der Waals surface area contributed by atoms with E-state index in [1.807, 2.05) is 90.1 Å². The van der Waals surface area contributed by atoms with Crippen LogP contribution in [0.25, 0.3) is 16.6 Å². The molecule has 0 bridgehead atoms. The second kappa shape index (κ2) is 9.90. The van der Waals surface area contributed by atoms with Crippen molar-refractivity contribution in [1.82, 2.24) is 9.99 Å². The van der Waals surface area contributed by atoms with Gasteiger partial charge in [0, 0.05) is 11.1 Å². The lowest BCUT2D eigenvalue weighted by Gasteiger charge is -2.16. The van der Waals surface area contributed by atoms with E-state index in [2.05, 4.69) is 10.5 Å². The number of nitrogens with one attached hydrogen (secondary N) is 1. The summed E-state index contributed by atoms with van der Waals surface area (Å²) in [5, 5.41) is 26.9. The van der Waals surface area contributed by atoms with E-state index in [4.69, 9.17) is 0 Å². The molecule has 0 aliphatic carbocycles. The molecule has 4 aromatic rings. The summed E-state index contributed by atoms with van der Waals surface area (Å²) in [6.45, 7) is 12.1. The summed E-state index contributed by atoms with van der Waals surface area (Å²) < 4.78 is 1.78. The number of rotatable bonds is 6. The predicted molar refractivity (Wildman–Crippen MR) is 146 cm³/mol. The third-order valence-corrected chi connectivity index (χ3v) is 6.69. The summed E-state index contributed by atoms with van der Waals surface area (Å²) in [5.41, 5.74) is 8.86. The molecule has 6 heteroatoms. The molecule has 0 saturated carbocycles. The van der Waals surface area contributed by atoms with Crippen molar-refractivity contribution < 1.29 is 15.0 Å². The number of hydrogen-bond acceptors (Lipinski definition) is 4. The molecule has 0 atom stereocenters. The Morgan fingerprint density at radius 2 is 1.67 bits per heavy atom. The van der Waals surface area contributed by atoms with Crippen LogP contribution in [-0.2, 0) is 0 Å². The van der Waals surface area contributed by atoms with Gasteiger partial charge in [0.2, 0.25) is 5.88 Å². The van der Waals surface area contributed by atoms with Crippen LogP contribution in [0.2, 0.25) is 0 Å². The maximum absolute atomic E-state index is 13.0. The number of benzene rings is 3. The Kier molecular flexibility index (Phi) is 6.88. The summed E-state index contributed by atoms with van der Waals surface area (Å²) in [7, 11) is 0. The number of nitrogens with zero attached hydrogens (tertiary/aromatic N) is 2. The van der Waals surface area contributed by atoms with Gasteiger partial charge in [-0.05, 0) is 72.2 Å². The molecule has 4 rings (SSSR count). The van der Waals surface area contributed by atoms with Crippen LogP contribution in [0.3, 0.4) is 0 Å². The van der Waals surface area contributed by atoms with E-state index in [-0.39, 0.29) is 29.0 Å². The summed E-state index contributed by atoms with van der Waals surface area (Å²) in [6.07, 6.45) is 1.44. The summed E-state index contributed by atoms with van der Waals surface area (Å²) in [4.78, 5) is 13.0.